The Labute approximate surface area is 125 Å². The minimum absolute atomic E-state index is 0.0935. The van der Waals surface area contributed by atoms with Crippen molar-refractivity contribution >= 4 is 11.3 Å². The van der Waals surface area contributed by atoms with Crippen molar-refractivity contribution in [3.63, 3.8) is 0 Å². The average Bonchev–Trinajstić information content (AvgIpc) is 2.85. The molecule has 0 aliphatic carbocycles. The highest BCUT2D eigenvalue weighted by atomic mass is 32.1. The van der Waals surface area contributed by atoms with Crippen LogP contribution in [0, 0.1) is 6.92 Å². The molecule has 2 aromatic heterocycles. The Kier molecular flexibility index (Phi) is 5.29. The van der Waals surface area contributed by atoms with Crippen LogP contribution < -0.4 is 5.73 Å². The lowest BCUT2D eigenvalue weighted by atomic mass is 10.0. The fourth-order valence-electron chi connectivity index (χ4n) is 2.53. The average molecular weight is 289 g/mol. The van der Waals surface area contributed by atoms with Gasteiger partial charge in [0.2, 0.25) is 0 Å². The predicted molar refractivity (Wildman–Crippen MR) is 85.8 cm³/mol. The van der Waals surface area contributed by atoms with Crippen molar-refractivity contribution in [2.45, 2.75) is 39.4 Å². The molecule has 0 aliphatic rings. The molecule has 0 aliphatic heterocycles. The summed E-state index contributed by atoms with van der Waals surface area (Å²) < 4.78 is 0. The number of hydrogen-bond acceptors (Lipinski definition) is 4. The van der Waals surface area contributed by atoms with Crippen LogP contribution in [0.25, 0.3) is 0 Å². The van der Waals surface area contributed by atoms with Gasteiger partial charge in [0.05, 0.1) is 11.7 Å². The van der Waals surface area contributed by atoms with E-state index in [1.807, 2.05) is 18.3 Å². The third-order valence-corrected chi connectivity index (χ3v) is 4.65. The number of pyridine rings is 1. The van der Waals surface area contributed by atoms with Gasteiger partial charge in [0.15, 0.2) is 0 Å². The Balaban J connectivity index is 2.25. The smallest absolute Gasteiger partial charge is 0.0596 e. The van der Waals surface area contributed by atoms with Crippen LogP contribution in [0.1, 0.15) is 36.0 Å². The Morgan fingerprint density at radius 1 is 1.35 bits per heavy atom. The third kappa shape index (κ3) is 3.45. The first kappa shape index (κ1) is 15.2. The van der Waals surface area contributed by atoms with E-state index >= 15 is 0 Å². The van der Waals surface area contributed by atoms with Gasteiger partial charge in [-0.25, -0.2) is 0 Å². The zero-order valence-electron chi connectivity index (χ0n) is 12.4. The normalized spacial score (nSPS) is 14.4. The molecule has 0 bridgehead atoms. The Morgan fingerprint density at radius 3 is 2.65 bits per heavy atom. The van der Waals surface area contributed by atoms with E-state index in [9.17, 15) is 0 Å². The molecule has 4 heteroatoms. The number of rotatable bonds is 6. The topological polar surface area (TPSA) is 42.2 Å². The Bertz CT molecular complexity index is 522. The summed E-state index contributed by atoms with van der Waals surface area (Å²) in [7, 11) is 0. The van der Waals surface area contributed by atoms with Crippen molar-refractivity contribution in [2.24, 2.45) is 5.73 Å². The van der Waals surface area contributed by atoms with Crippen LogP contribution in [0.3, 0.4) is 0 Å². The number of aromatic nitrogens is 1. The van der Waals surface area contributed by atoms with Crippen LogP contribution >= 0.6 is 11.3 Å². The molecule has 108 valence electrons. The molecule has 2 atom stereocenters. The standard InChI is InChI=1S/C16H23N3S/c1-4-19(11-14-7-5-6-9-18-14)15(13(3)17)16-12(2)8-10-20-16/h5-10,13,15H,4,11,17H2,1-3H3. The molecule has 2 aromatic rings. The van der Waals surface area contributed by atoms with Gasteiger partial charge in [-0.1, -0.05) is 13.0 Å². The van der Waals surface area contributed by atoms with Gasteiger partial charge in [0.1, 0.15) is 0 Å². The van der Waals surface area contributed by atoms with E-state index in [0.717, 1.165) is 18.8 Å². The molecular weight excluding hydrogens is 266 g/mol. The van der Waals surface area contributed by atoms with Crippen LogP contribution in [0.5, 0.6) is 0 Å². The second-order valence-electron chi connectivity index (χ2n) is 5.16. The van der Waals surface area contributed by atoms with Gasteiger partial charge in [0, 0.05) is 23.7 Å². The summed E-state index contributed by atoms with van der Waals surface area (Å²) in [5, 5.41) is 2.15. The minimum Gasteiger partial charge on any atom is -0.326 e. The van der Waals surface area contributed by atoms with Gasteiger partial charge in [-0.05, 0) is 49.5 Å². The summed E-state index contributed by atoms with van der Waals surface area (Å²) in [5.74, 6) is 0. The molecule has 0 radical (unpaired) electrons. The van der Waals surface area contributed by atoms with E-state index in [0.29, 0.717) is 0 Å². The maximum atomic E-state index is 6.27. The molecule has 2 heterocycles. The molecule has 2 unspecified atom stereocenters. The number of likely N-dealkylation sites (N-methyl/N-ethyl adjacent to an activating group) is 1. The van der Waals surface area contributed by atoms with Crippen molar-refractivity contribution in [3.05, 3.63) is 52.0 Å². The summed E-state index contributed by atoms with van der Waals surface area (Å²) in [5.41, 5.74) is 8.69. The first-order chi connectivity index (χ1) is 9.63. The quantitative estimate of drug-likeness (QED) is 0.886. The first-order valence-corrected chi connectivity index (χ1v) is 7.95. The fraction of sp³-hybridized carbons (Fsp3) is 0.438. The van der Waals surface area contributed by atoms with Crippen molar-refractivity contribution in [3.8, 4) is 0 Å². The summed E-state index contributed by atoms with van der Waals surface area (Å²) in [6, 6.07) is 8.57. The molecule has 0 fully saturated rings. The Hall–Kier alpha value is -1.23. The molecule has 0 amide bonds. The van der Waals surface area contributed by atoms with E-state index in [1.165, 1.54) is 10.4 Å². The summed E-state index contributed by atoms with van der Waals surface area (Å²) in [6.07, 6.45) is 1.85. The largest absolute Gasteiger partial charge is 0.326 e. The van der Waals surface area contributed by atoms with E-state index in [4.69, 9.17) is 5.73 Å². The lowest BCUT2D eigenvalue weighted by molar-refractivity contribution is 0.177. The summed E-state index contributed by atoms with van der Waals surface area (Å²) >= 11 is 1.80. The highest BCUT2D eigenvalue weighted by Crippen LogP contribution is 2.31. The molecule has 0 saturated carbocycles. The molecule has 2 N–H and O–H groups in total. The van der Waals surface area contributed by atoms with Gasteiger partial charge in [-0.2, -0.15) is 0 Å². The molecule has 2 rings (SSSR count). The SMILES string of the molecule is CCN(Cc1ccccn1)C(c1sccc1C)C(C)N. The number of nitrogens with two attached hydrogens (primary N) is 1. The maximum Gasteiger partial charge on any atom is 0.0596 e. The van der Waals surface area contributed by atoms with Crippen molar-refractivity contribution < 1.29 is 0 Å². The van der Waals surface area contributed by atoms with Crippen LogP contribution in [0.15, 0.2) is 35.8 Å². The molecule has 0 aromatic carbocycles. The van der Waals surface area contributed by atoms with E-state index in [2.05, 4.69) is 48.2 Å². The Morgan fingerprint density at radius 2 is 2.15 bits per heavy atom. The molecule has 20 heavy (non-hydrogen) atoms. The van der Waals surface area contributed by atoms with Crippen LogP contribution in [0.4, 0.5) is 0 Å². The monoisotopic (exact) mass is 289 g/mol. The first-order valence-electron chi connectivity index (χ1n) is 7.07. The van der Waals surface area contributed by atoms with Gasteiger partial charge >= 0.3 is 0 Å². The second-order valence-corrected chi connectivity index (χ2v) is 6.10. The predicted octanol–water partition coefficient (Wildman–Crippen LogP) is 3.36. The van der Waals surface area contributed by atoms with E-state index in [-0.39, 0.29) is 12.1 Å². The highest BCUT2D eigenvalue weighted by Gasteiger charge is 2.25. The number of thiophene rings is 1. The zero-order chi connectivity index (χ0) is 14.5. The summed E-state index contributed by atoms with van der Waals surface area (Å²) in [6.45, 7) is 8.23. The fourth-order valence-corrected chi connectivity index (χ4v) is 3.71. The molecular formula is C16H23N3S. The number of hydrogen-bond donors (Lipinski definition) is 1. The summed E-state index contributed by atoms with van der Waals surface area (Å²) in [4.78, 5) is 8.21. The number of nitrogens with zero attached hydrogens (tertiary/aromatic N) is 2. The van der Waals surface area contributed by atoms with Crippen molar-refractivity contribution in [2.75, 3.05) is 6.54 Å². The second kappa shape index (κ2) is 6.97. The van der Waals surface area contributed by atoms with Crippen LogP contribution in [-0.2, 0) is 6.54 Å². The molecule has 0 spiro atoms. The third-order valence-electron chi connectivity index (χ3n) is 3.56. The van der Waals surface area contributed by atoms with Gasteiger partial charge in [0.25, 0.3) is 0 Å². The van der Waals surface area contributed by atoms with Crippen molar-refractivity contribution in [1.82, 2.24) is 9.88 Å². The van der Waals surface area contributed by atoms with E-state index in [1.54, 1.807) is 11.3 Å². The van der Waals surface area contributed by atoms with Crippen LogP contribution in [-0.4, -0.2) is 22.5 Å². The minimum atomic E-state index is 0.0935. The molecule has 3 nitrogen and oxygen atoms in total. The van der Waals surface area contributed by atoms with Crippen molar-refractivity contribution in [1.29, 1.82) is 0 Å². The van der Waals surface area contributed by atoms with E-state index < -0.39 is 0 Å². The highest BCUT2D eigenvalue weighted by molar-refractivity contribution is 7.10. The molecule has 0 saturated heterocycles. The lowest BCUT2D eigenvalue weighted by Crippen LogP contribution is -2.39. The number of aryl methyl sites for hydroxylation is 1. The maximum absolute atomic E-state index is 6.27. The zero-order valence-corrected chi connectivity index (χ0v) is 13.2. The van der Waals surface area contributed by atoms with Gasteiger partial charge in [-0.15, -0.1) is 11.3 Å². The van der Waals surface area contributed by atoms with Crippen LogP contribution in [0.2, 0.25) is 0 Å². The lowest BCUT2D eigenvalue weighted by Gasteiger charge is -2.33. The van der Waals surface area contributed by atoms with Gasteiger partial charge < -0.3 is 5.73 Å². The van der Waals surface area contributed by atoms with Gasteiger partial charge in [-0.3, -0.25) is 9.88 Å².